The lowest BCUT2D eigenvalue weighted by Gasteiger charge is -2.23. The quantitative estimate of drug-likeness (QED) is 0.206. The van der Waals surface area contributed by atoms with Crippen molar-refractivity contribution in [2.24, 2.45) is 0 Å². The summed E-state index contributed by atoms with van der Waals surface area (Å²) >= 11 is 0. The van der Waals surface area contributed by atoms with Crippen LogP contribution in [0, 0.1) is 0 Å². The smallest absolute Gasteiger partial charge is 0.329 e. The molecule has 0 aliphatic heterocycles. The Hall–Kier alpha value is -4.59. The first kappa shape index (κ1) is 28.0. The summed E-state index contributed by atoms with van der Waals surface area (Å²) < 4.78 is 79.6. The summed E-state index contributed by atoms with van der Waals surface area (Å²) in [5, 5.41) is 0. The molecule has 0 spiro atoms. The lowest BCUT2D eigenvalue weighted by molar-refractivity contribution is -0.138. The molecular weight excluding hydrogens is 540 g/mol. The fraction of sp³-hybridized carbons (Fsp3) is 0.121. The minimum atomic E-state index is -4.51. The highest BCUT2D eigenvalue weighted by atomic mass is 19.4. The second-order valence-electron chi connectivity index (χ2n) is 9.64. The number of rotatable bonds is 6. The van der Waals surface area contributed by atoms with E-state index in [4.69, 9.17) is 0 Å². The van der Waals surface area contributed by atoms with Gasteiger partial charge in [0.2, 0.25) is 0 Å². The molecule has 1 N–H and O–H groups in total. The van der Waals surface area contributed by atoms with E-state index < -0.39 is 40.9 Å². The number of hydrogen-bond donors (Lipinski definition) is 1. The van der Waals surface area contributed by atoms with Crippen LogP contribution in [0.25, 0.3) is 0 Å². The van der Waals surface area contributed by atoms with Crippen LogP contribution < -0.4 is 5.56 Å². The third-order valence-corrected chi connectivity index (χ3v) is 7.01. The molecule has 2 unspecified atom stereocenters. The molecule has 208 valence electrons. The average molecular weight is 564 g/mol. The first-order valence-corrected chi connectivity index (χ1v) is 12.7. The van der Waals surface area contributed by atoms with E-state index in [9.17, 15) is 31.1 Å². The minimum absolute atomic E-state index is 0.293. The Morgan fingerprint density at radius 2 is 0.878 bits per heavy atom. The molecule has 5 aromatic rings. The molecular formula is C33H23F6NO. The largest absolute Gasteiger partial charge is 0.416 e. The van der Waals surface area contributed by atoms with Gasteiger partial charge in [-0.3, -0.25) is 4.79 Å². The number of pyridine rings is 1. The zero-order chi connectivity index (χ0) is 29.2. The molecule has 0 fully saturated rings. The maximum absolute atomic E-state index is 13.3. The average Bonchev–Trinajstić information content (AvgIpc) is 2.96. The predicted molar refractivity (Wildman–Crippen MR) is 145 cm³/mol. The van der Waals surface area contributed by atoms with Crippen molar-refractivity contribution in [1.82, 2.24) is 4.98 Å². The molecule has 2 atom stereocenters. The first-order valence-electron chi connectivity index (χ1n) is 12.7. The molecule has 4 aromatic carbocycles. The van der Waals surface area contributed by atoms with Gasteiger partial charge in [-0.2, -0.15) is 26.3 Å². The summed E-state index contributed by atoms with van der Waals surface area (Å²) in [5.74, 6) is -1.23. The van der Waals surface area contributed by atoms with E-state index in [1.165, 1.54) is 30.5 Å². The third-order valence-electron chi connectivity index (χ3n) is 7.01. The highest BCUT2D eigenvalue weighted by Gasteiger charge is 2.32. The van der Waals surface area contributed by atoms with E-state index in [2.05, 4.69) is 4.98 Å². The summed E-state index contributed by atoms with van der Waals surface area (Å²) in [6.07, 6.45) is -7.48. The zero-order valence-corrected chi connectivity index (χ0v) is 21.4. The predicted octanol–water partition coefficient (Wildman–Crippen LogP) is 8.77. The van der Waals surface area contributed by atoms with E-state index >= 15 is 0 Å². The van der Waals surface area contributed by atoms with Crippen LogP contribution in [0.4, 0.5) is 26.3 Å². The molecule has 2 nitrogen and oxygen atoms in total. The Labute approximate surface area is 231 Å². The van der Waals surface area contributed by atoms with Gasteiger partial charge >= 0.3 is 12.4 Å². The maximum atomic E-state index is 13.3. The molecule has 41 heavy (non-hydrogen) atoms. The second kappa shape index (κ2) is 11.1. The van der Waals surface area contributed by atoms with Crippen molar-refractivity contribution in [3.63, 3.8) is 0 Å². The zero-order valence-electron chi connectivity index (χ0n) is 21.4. The Bertz CT molecular complexity index is 1660. The van der Waals surface area contributed by atoms with Gasteiger partial charge in [-0.05, 0) is 58.1 Å². The van der Waals surface area contributed by atoms with Gasteiger partial charge in [-0.25, -0.2) is 0 Å². The molecule has 0 aliphatic rings. The van der Waals surface area contributed by atoms with Crippen molar-refractivity contribution in [1.29, 1.82) is 0 Å². The summed E-state index contributed by atoms with van der Waals surface area (Å²) in [6, 6.07) is 29.3. The van der Waals surface area contributed by atoms with Crippen LogP contribution in [-0.2, 0) is 12.4 Å². The van der Waals surface area contributed by atoms with Crippen molar-refractivity contribution >= 4 is 0 Å². The van der Waals surface area contributed by atoms with E-state index in [1.807, 2.05) is 30.3 Å². The van der Waals surface area contributed by atoms with Gasteiger partial charge in [0.15, 0.2) is 0 Å². The second-order valence-corrected chi connectivity index (χ2v) is 9.64. The van der Waals surface area contributed by atoms with Crippen LogP contribution in [0.15, 0.2) is 126 Å². The number of nitrogens with one attached hydrogen (secondary N) is 1. The molecule has 0 aliphatic carbocycles. The summed E-state index contributed by atoms with van der Waals surface area (Å²) in [7, 11) is 0. The minimum Gasteiger partial charge on any atom is -0.329 e. The van der Waals surface area contributed by atoms with Crippen molar-refractivity contribution in [3.8, 4) is 0 Å². The van der Waals surface area contributed by atoms with Crippen LogP contribution in [0.3, 0.4) is 0 Å². The lowest BCUT2D eigenvalue weighted by Crippen LogP contribution is -2.20. The number of H-pyrrole nitrogens is 1. The fourth-order valence-electron chi connectivity index (χ4n) is 5.05. The highest BCUT2D eigenvalue weighted by Crippen LogP contribution is 2.38. The molecule has 0 radical (unpaired) electrons. The van der Waals surface area contributed by atoms with E-state index in [0.717, 1.165) is 29.8 Å². The number of halogens is 6. The van der Waals surface area contributed by atoms with Crippen LogP contribution in [0.1, 0.15) is 56.3 Å². The highest BCUT2D eigenvalue weighted by molar-refractivity contribution is 5.48. The van der Waals surface area contributed by atoms with Crippen LogP contribution in [-0.4, -0.2) is 4.98 Å². The van der Waals surface area contributed by atoms with E-state index in [1.54, 1.807) is 36.4 Å². The molecule has 5 rings (SSSR count). The lowest BCUT2D eigenvalue weighted by atomic mass is 9.81. The van der Waals surface area contributed by atoms with Crippen LogP contribution in [0.5, 0.6) is 0 Å². The number of alkyl halides is 6. The topological polar surface area (TPSA) is 32.9 Å². The molecule has 0 saturated carbocycles. The van der Waals surface area contributed by atoms with Crippen LogP contribution in [0.2, 0.25) is 0 Å². The number of aromatic amines is 1. The normalized spacial score (nSPS) is 13.5. The first-order chi connectivity index (χ1) is 19.5. The van der Waals surface area contributed by atoms with Gasteiger partial charge in [0.25, 0.3) is 5.56 Å². The third kappa shape index (κ3) is 6.11. The number of benzene rings is 4. The Morgan fingerprint density at radius 3 is 1.32 bits per heavy atom. The van der Waals surface area contributed by atoms with Gasteiger partial charge in [0, 0.05) is 23.6 Å². The van der Waals surface area contributed by atoms with Gasteiger partial charge in [-0.1, -0.05) is 84.9 Å². The van der Waals surface area contributed by atoms with Gasteiger partial charge < -0.3 is 4.98 Å². The molecule has 0 amide bonds. The standard InChI is InChI=1S/C33H23F6NO/c34-32(35,36)26-15-11-23(12-16-26)29(21-7-3-1-4-8-21)25-19-28(31(41)40-20-25)30(22-9-5-2-6-10-22)24-13-17-27(18-14-24)33(37,38)39/h1-20,29-30H,(H,40,41). The summed E-state index contributed by atoms with van der Waals surface area (Å²) in [4.78, 5) is 16.0. The molecule has 1 aromatic heterocycles. The molecule has 0 saturated heterocycles. The van der Waals surface area contributed by atoms with Crippen molar-refractivity contribution in [3.05, 3.63) is 176 Å². The number of aromatic nitrogens is 1. The SMILES string of the molecule is O=c1[nH]cc(C(c2ccccc2)c2ccc(C(F)(F)F)cc2)cc1C(c1ccccc1)c1ccc(C(F)(F)F)cc1. The molecule has 0 bridgehead atoms. The van der Waals surface area contributed by atoms with Crippen molar-refractivity contribution < 1.29 is 26.3 Å². The summed E-state index contributed by atoms with van der Waals surface area (Å²) in [6.45, 7) is 0. The fourth-order valence-corrected chi connectivity index (χ4v) is 5.05. The molecule has 8 heteroatoms. The van der Waals surface area contributed by atoms with Crippen LogP contribution >= 0.6 is 0 Å². The van der Waals surface area contributed by atoms with E-state index in [0.29, 0.717) is 27.8 Å². The Kier molecular flexibility index (Phi) is 7.58. The number of hydrogen-bond acceptors (Lipinski definition) is 1. The monoisotopic (exact) mass is 563 g/mol. The van der Waals surface area contributed by atoms with Gasteiger partial charge in [-0.15, -0.1) is 0 Å². The summed E-state index contributed by atoms with van der Waals surface area (Å²) in [5.41, 5.74) is 1.44. The van der Waals surface area contributed by atoms with E-state index in [-0.39, 0.29) is 0 Å². The molecule has 1 heterocycles. The van der Waals surface area contributed by atoms with Gasteiger partial charge in [0.1, 0.15) is 0 Å². The maximum Gasteiger partial charge on any atom is 0.416 e. The van der Waals surface area contributed by atoms with Crippen molar-refractivity contribution in [2.75, 3.05) is 0 Å². The Morgan fingerprint density at radius 1 is 0.488 bits per heavy atom. The van der Waals surface area contributed by atoms with Gasteiger partial charge in [0.05, 0.1) is 11.1 Å². The van der Waals surface area contributed by atoms with Crippen molar-refractivity contribution in [2.45, 2.75) is 24.2 Å². The Balaban J connectivity index is 1.66.